The summed E-state index contributed by atoms with van der Waals surface area (Å²) in [6.07, 6.45) is -4.70. The van der Waals surface area contributed by atoms with Gasteiger partial charge in [-0.3, -0.25) is 10.1 Å². The van der Waals surface area contributed by atoms with E-state index < -0.39 is 22.3 Å². The molecule has 0 aliphatic carbocycles. The molecule has 2 N–H and O–H groups in total. The normalized spacial score (nSPS) is 11.2. The highest BCUT2D eigenvalue weighted by atomic mass is 32.1. The Hall–Kier alpha value is -3.47. The van der Waals surface area contributed by atoms with E-state index in [9.17, 15) is 28.1 Å². The van der Waals surface area contributed by atoms with E-state index in [0.717, 1.165) is 6.07 Å². The van der Waals surface area contributed by atoms with E-state index in [2.05, 4.69) is 10.6 Å². The smallest absolute Gasteiger partial charge is 0.417 e. The average Bonchev–Trinajstić information content (AvgIpc) is 2.60. The number of nitro groups is 1. The predicted molar refractivity (Wildman–Crippen MR) is 100 cm³/mol. The van der Waals surface area contributed by atoms with Gasteiger partial charge in [-0.15, -0.1) is 0 Å². The summed E-state index contributed by atoms with van der Waals surface area (Å²) in [6.45, 7) is 0. The molecule has 144 valence electrons. The number of nitro benzene ring substituents is 1. The van der Waals surface area contributed by atoms with Crippen LogP contribution in [0.1, 0.15) is 5.56 Å². The van der Waals surface area contributed by atoms with Crippen LogP contribution in [-0.4, -0.2) is 10.0 Å². The molecule has 28 heavy (non-hydrogen) atoms. The molecule has 0 amide bonds. The van der Waals surface area contributed by atoms with E-state index in [0.29, 0.717) is 11.8 Å². The summed E-state index contributed by atoms with van der Waals surface area (Å²) in [7, 11) is 0. The van der Waals surface area contributed by atoms with Crippen molar-refractivity contribution in [1.82, 2.24) is 0 Å². The Morgan fingerprint density at radius 1 is 1.04 bits per heavy atom. The standard InChI is InChI=1S/C17H10F3N3O4S/c18-17(19,20)13-8-15(24)27-14-7-10(3-6-12(13)14)22-16(28)21-9-1-4-11(5-2-9)23(25)26/h1-8H,(H2,21,22,28). The molecule has 0 bridgehead atoms. The number of hydrogen-bond acceptors (Lipinski definition) is 5. The third-order valence-corrected chi connectivity index (χ3v) is 3.85. The third-order valence-electron chi connectivity index (χ3n) is 3.64. The summed E-state index contributed by atoms with van der Waals surface area (Å²) in [4.78, 5) is 21.5. The van der Waals surface area contributed by atoms with Gasteiger partial charge >= 0.3 is 11.8 Å². The van der Waals surface area contributed by atoms with Crippen LogP contribution in [0.2, 0.25) is 0 Å². The van der Waals surface area contributed by atoms with Crippen LogP contribution < -0.4 is 16.3 Å². The van der Waals surface area contributed by atoms with E-state index in [1.165, 1.54) is 36.4 Å². The predicted octanol–water partition coefficient (Wildman–Crippen LogP) is 4.53. The maximum atomic E-state index is 13.1. The molecule has 0 saturated heterocycles. The molecule has 3 aromatic rings. The second-order valence-electron chi connectivity index (χ2n) is 5.57. The van der Waals surface area contributed by atoms with E-state index in [1.807, 2.05) is 0 Å². The summed E-state index contributed by atoms with van der Waals surface area (Å²) in [6, 6.07) is 9.59. The summed E-state index contributed by atoms with van der Waals surface area (Å²) in [5.41, 5.74) is -1.79. The molecule has 0 aliphatic rings. The Kier molecular flexibility index (Phi) is 5.01. The SMILES string of the molecule is O=c1cc(C(F)(F)F)c2ccc(NC(=S)Nc3ccc([N+](=O)[O-])cc3)cc2o1. The first kappa shape index (κ1) is 19.3. The molecule has 0 spiro atoms. The molecule has 1 aromatic heterocycles. The maximum absolute atomic E-state index is 13.1. The number of thiocarbonyl (C=S) groups is 1. The van der Waals surface area contributed by atoms with Gasteiger partial charge in [-0.05, 0) is 36.5 Å². The van der Waals surface area contributed by atoms with Gasteiger partial charge in [0.15, 0.2) is 5.11 Å². The lowest BCUT2D eigenvalue weighted by molar-refractivity contribution is -0.384. The van der Waals surface area contributed by atoms with Crippen molar-refractivity contribution in [2.75, 3.05) is 10.6 Å². The van der Waals surface area contributed by atoms with Crippen LogP contribution in [-0.2, 0) is 6.18 Å². The van der Waals surface area contributed by atoms with E-state index >= 15 is 0 Å². The largest absolute Gasteiger partial charge is 0.423 e. The van der Waals surface area contributed by atoms with Crippen molar-refractivity contribution < 1.29 is 22.5 Å². The van der Waals surface area contributed by atoms with Crippen LogP contribution in [0.25, 0.3) is 11.0 Å². The third kappa shape index (κ3) is 4.26. The van der Waals surface area contributed by atoms with Crippen molar-refractivity contribution in [3.63, 3.8) is 0 Å². The highest BCUT2D eigenvalue weighted by Crippen LogP contribution is 2.34. The first-order valence-electron chi connectivity index (χ1n) is 7.61. The fourth-order valence-corrected chi connectivity index (χ4v) is 2.67. The zero-order valence-electron chi connectivity index (χ0n) is 13.7. The molecule has 0 saturated carbocycles. The molecular weight excluding hydrogens is 399 g/mol. The van der Waals surface area contributed by atoms with Gasteiger partial charge in [0, 0.05) is 41.0 Å². The summed E-state index contributed by atoms with van der Waals surface area (Å²) < 4.78 is 44.0. The van der Waals surface area contributed by atoms with Crippen LogP contribution in [0.15, 0.2) is 57.7 Å². The number of halogens is 3. The van der Waals surface area contributed by atoms with Crippen LogP contribution in [0.5, 0.6) is 0 Å². The Morgan fingerprint density at radius 3 is 2.25 bits per heavy atom. The summed E-state index contributed by atoms with van der Waals surface area (Å²) in [5, 5.41) is 16.0. The average molecular weight is 409 g/mol. The summed E-state index contributed by atoms with van der Waals surface area (Å²) >= 11 is 5.11. The van der Waals surface area contributed by atoms with Crippen molar-refractivity contribution in [3.8, 4) is 0 Å². The van der Waals surface area contributed by atoms with Gasteiger partial charge in [0.1, 0.15) is 5.58 Å². The van der Waals surface area contributed by atoms with Gasteiger partial charge in [0.2, 0.25) is 0 Å². The van der Waals surface area contributed by atoms with E-state index in [4.69, 9.17) is 16.6 Å². The minimum absolute atomic E-state index is 0.0857. The number of fused-ring (bicyclic) bond motifs is 1. The van der Waals surface area contributed by atoms with E-state index in [-0.39, 0.29) is 27.5 Å². The fraction of sp³-hybridized carbons (Fsp3) is 0.0588. The topological polar surface area (TPSA) is 97.4 Å². The summed E-state index contributed by atoms with van der Waals surface area (Å²) in [5.74, 6) is 0. The van der Waals surface area contributed by atoms with Gasteiger partial charge in [0.05, 0.1) is 10.5 Å². The minimum atomic E-state index is -4.70. The lowest BCUT2D eigenvalue weighted by atomic mass is 10.1. The Balaban J connectivity index is 1.81. The first-order chi connectivity index (χ1) is 13.1. The number of anilines is 2. The molecule has 0 radical (unpaired) electrons. The lowest BCUT2D eigenvalue weighted by Crippen LogP contribution is -2.19. The molecule has 0 aliphatic heterocycles. The molecule has 7 nitrogen and oxygen atoms in total. The van der Waals surface area contributed by atoms with E-state index in [1.54, 1.807) is 0 Å². The number of non-ortho nitro benzene ring substituents is 1. The number of rotatable bonds is 3. The maximum Gasteiger partial charge on any atom is 0.417 e. The fourth-order valence-electron chi connectivity index (χ4n) is 2.43. The lowest BCUT2D eigenvalue weighted by Gasteiger charge is -2.12. The Labute approximate surface area is 159 Å². The Morgan fingerprint density at radius 2 is 1.64 bits per heavy atom. The van der Waals surface area contributed by atoms with Gasteiger partial charge in [-0.25, -0.2) is 4.79 Å². The first-order valence-corrected chi connectivity index (χ1v) is 8.02. The van der Waals surface area contributed by atoms with Crippen LogP contribution in [0, 0.1) is 10.1 Å². The number of alkyl halides is 3. The van der Waals surface area contributed by atoms with Crippen molar-refractivity contribution in [1.29, 1.82) is 0 Å². The van der Waals surface area contributed by atoms with Gasteiger partial charge < -0.3 is 15.1 Å². The van der Waals surface area contributed by atoms with Gasteiger partial charge in [0.25, 0.3) is 5.69 Å². The number of nitrogens with zero attached hydrogens (tertiary/aromatic N) is 1. The molecule has 0 atom stereocenters. The second-order valence-corrected chi connectivity index (χ2v) is 5.98. The molecule has 3 rings (SSSR count). The van der Waals surface area contributed by atoms with Crippen molar-refractivity contribution in [2.45, 2.75) is 6.18 Å². The number of nitrogens with one attached hydrogen (secondary N) is 2. The van der Waals surface area contributed by atoms with Crippen LogP contribution in [0.3, 0.4) is 0 Å². The van der Waals surface area contributed by atoms with Gasteiger partial charge in [-0.2, -0.15) is 13.2 Å². The zero-order valence-corrected chi connectivity index (χ0v) is 14.6. The molecule has 0 fully saturated rings. The van der Waals surface area contributed by atoms with Crippen molar-refractivity contribution in [2.24, 2.45) is 0 Å². The molecule has 11 heteroatoms. The monoisotopic (exact) mass is 409 g/mol. The van der Waals surface area contributed by atoms with Crippen molar-refractivity contribution >= 4 is 45.4 Å². The van der Waals surface area contributed by atoms with Crippen molar-refractivity contribution in [3.05, 3.63) is 74.6 Å². The minimum Gasteiger partial charge on any atom is -0.423 e. The quantitative estimate of drug-likeness (QED) is 0.284. The second kappa shape index (κ2) is 7.27. The molecule has 2 aromatic carbocycles. The number of benzene rings is 2. The number of hydrogen-bond donors (Lipinski definition) is 2. The Bertz CT molecular complexity index is 1130. The van der Waals surface area contributed by atoms with Crippen LogP contribution in [0.4, 0.5) is 30.2 Å². The molecular formula is C17H10F3N3O4S. The zero-order chi connectivity index (χ0) is 20.5. The van der Waals surface area contributed by atoms with Crippen LogP contribution >= 0.6 is 12.2 Å². The highest BCUT2D eigenvalue weighted by Gasteiger charge is 2.33. The molecule has 1 heterocycles. The van der Waals surface area contributed by atoms with Gasteiger partial charge in [-0.1, -0.05) is 0 Å². The molecule has 0 unspecified atom stereocenters. The highest BCUT2D eigenvalue weighted by molar-refractivity contribution is 7.80.